The molecule has 3 N–H and O–H groups in total. The van der Waals surface area contributed by atoms with Gasteiger partial charge >= 0.3 is 0 Å². The summed E-state index contributed by atoms with van der Waals surface area (Å²) in [7, 11) is 0. The van der Waals surface area contributed by atoms with Crippen molar-refractivity contribution in [2.75, 3.05) is 11.6 Å². The summed E-state index contributed by atoms with van der Waals surface area (Å²) in [6.45, 7) is 3.17. The second-order valence-electron chi connectivity index (χ2n) is 5.60. The average molecular weight is 336 g/mol. The summed E-state index contributed by atoms with van der Waals surface area (Å²) in [5.74, 6) is -0.790. The summed E-state index contributed by atoms with van der Waals surface area (Å²) in [6.07, 6.45) is 0.675. The molecular weight excluding hydrogens is 316 g/mol. The lowest BCUT2D eigenvalue weighted by Crippen LogP contribution is -2.52. The Morgan fingerprint density at radius 1 is 1.59 bits per heavy atom. The molecule has 0 saturated heterocycles. The molecule has 1 unspecified atom stereocenters. The zero-order chi connectivity index (χ0) is 17.1. The Morgan fingerprint density at radius 2 is 2.18 bits per heavy atom. The number of rotatable bonds is 7. The van der Waals surface area contributed by atoms with E-state index >= 15 is 0 Å². The molecule has 0 saturated carbocycles. The van der Waals surface area contributed by atoms with Gasteiger partial charge < -0.3 is 15.7 Å². The zero-order valence-corrected chi connectivity index (χ0v) is 13.4. The molecular formula is C14H20ClF2N3O2. The van der Waals surface area contributed by atoms with Crippen LogP contribution in [0.1, 0.15) is 31.1 Å². The van der Waals surface area contributed by atoms with Crippen molar-refractivity contribution in [3.8, 4) is 0 Å². The average Bonchev–Trinajstić information content (AvgIpc) is 2.45. The van der Waals surface area contributed by atoms with Crippen molar-refractivity contribution >= 4 is 23.2 Å². The lowest BCUT2D eigenvalue weighted by molar-refractivity contribution is -0.00578. The topological polar surface area (TPSA) is 79.5 Å². The lowest BCUT2D eigenvalue weighted by atomic mass is 10.0. The first kappa shape index (κ1) is 18.6. The molecule has 0 aromatic carbocycles. The van der Waals surface area contributed by atoms with E-state index in [4.69, 9.17) is 17.3 Å². The minimum absolute atomic E-state index is 0.00334. The Balaban J connectivity index is 3.34. The zero-order valence-electron chi connectivity index (χ0n) is 12.6. The highest BCUT2D eigenvalue weighted by atomic mass is 35.5. The maximum Gasteiger partial charge on any atom is 0.252 e. The van der Waals surface area contributed by atoms with Gasteiger partial charge in [-0.15, -0.1) is 0 Å². The molecule has 0 aliphatic rings. The molecule has 124 valence electrons. The number of hydrogen-bond donors (Lipinski definition) is 2. The summed E-state index contributed by atoms with van der Waals surface area (Å²) in [5.41, 5.74) is 2.30. The van der Waals surface area contributed by atoms with Gasteiger partial charge in [-0.05, 0) is 26.8 Å². The van der Waals surface area contributed by atoms with Gasteiger partial charge in [-0.2, -0.15) is 0 Å². The summed E-state index contributed by atoms with van der Waals surface area (Å²) in [6, 6.07) is 0.572. The Hall–Kier alpha value is -1.47. The van der Waals surface area contributed by atoms with Gasteiger partial charge in [0.15, 0.2) is 6.17 Å². The highest BCUT2D eigenvalue weighted by Crippen LogP contribution is 2.31. The Kier molecular flexibility index (Phi) is 6.08. The Bertz CT molecular complexity index is 525. The number of nitrogens with zero attached hydrogens (tertiary/aromatic N) is 2. The number of amides is 1. The Morgan fingerprint density at radius 3 is 2.64 bits per heavy atom. The second-order valence-corrected chi connectivity index (χ2v) is 6.04. The first-order valence-electron chi connectivity index (χ1n) is 6.69. The van der Waals surface area contributed by atoms with E-state index in [-0.39, 0.29) is 11.3 Å². The number of hydrogen-bond acceptors (Lipinski definition) is 4. The summed E-state index contributed by atoms with van der Waals surface area (Å²) in [4.78, 5) is 16.5. The number of carbonyl (C=O) groups excluding carboxylic acids is 1. The quantitative estimate of drug-likeness (QED) is 0.590. The lowest BCUT2D eigenvalue weighted by Gasteiger charge is -2.39. The number of halogens is 3. The van der Waals surface area contributed by atoms with Crippen LogP contribution in [0, 0.1) is 0 Å². The smallest absolute Gasteiger partial charge is 0.252 e. The highest BCUT2D eigenvalue weighted by Gasteiger charge is 2.39. The van der Waals surface area contributed by atoms with Gasteiger partial charge in [-0.3, -0.25) is 9.78 Å². The molecule has 1 rings (SSSR count). The van der Waals surface area contributed by atoms with Crippen molar-refractivity contribution in [2.24, 2.45) is 5.73 Å². The van der Waals surface area contributed by atoms with E-state index in [0.717, 1.165) is 0 Å². The molecule has 0 aliphatic carbocycles. The van der Waals surface area contributed by atoms with Crippen LogP contribution < -0.4 is 10.6 Å². The Labute approximate surface area is 133 Å². The number of nitrogens with two attached hydrogens (primary N) is 1. The summed E-state index contributed by atoms with van der Waals surface area (Å²) >= 11 is 6.12. The van der Waals surface area contributed by atoms with E-state index < -0.39 is 35.9 Å². The minimum atomic E-state index is -1.89. The van der Waals surface area contributed by atoms with Gasteiger partial charge in [-0.1, -0.05) is 11.6 Å². The number of anilines is 1. The van der Waals surface area contributed by atoms with Gasteiger partial charge in [0.2, 0.25) is 0 Å². The number of aliphatic hydroxyl groups is 1. The highest BCUT2D eigenvalue weighted by molar-refractivity contribution is 6.22. The number of pyridine rings is 1. The van der Waals surface area contributed by atoms with Crippen molar-refractivity contribution in [3.05, 3.63) is 24.0 Å². The molecule has 0 spiro atoms. The van der Waals surface area contributed by atoms with Gasteiger partial charge in [-0.25, -0.2) is 8.78 Å². The molecule has 1 heterocycles. The van der Waals surface area contributed by atoms with Crippen molar-refractivity contribution in [2.45, 2.75) is 44.1 Å². The first-order valence-corrected chi connectivity index (χ1v) is 7.13. The monoisotopic (exact) mass is 335 g/mol. The van der Waals surface area contributed by atoms with E-state index in [2.05, 4.69) is 4.98 Å². The van der Waals surface area contributed by atoms with Crippen molar-refractivity contribution < 1.29 is 18.7 Å². The number of alkyl halides is 3. The van der Waals surface area contributed by atoms with Gasteiger partial charge in [0.25, 0.3) is 5.91 Å². The van der Waals surface area contributed by atoms with Crippen molar-refractivity contribution in [1.29, 1.82) is 0 Å². The molecule has 22 heavy (non-hydrogen) atoms. The molecule has 0 radical (unpaired) electrons. The van der Waals surface area contributed by atoms with E-state index in [1.54, 1.807) is 0 Å². The molecule has 0 bridgehead atoms. The van der Waals surface area contributed by atoms with Crippen LogP contribution in [-0.4, -0.2) is 46.0 Å². The third-order valence-corrected chi connectivity index (χ3v) is 3.65. The largest absolute Gasteiger partial charge is 0.387 e. The van der Waals surface area contributed by atoms with Gasteiger partial charge in [0.05, 0.1) is 22.9 Å². The molecule has 5 nitrogen and oxygen atoms in total. The summed E-state index contributed by atoms with van der Waals surface area (Å²) < 4.78 is 27.5. The maximum atomic E-state index is 14.4. The van der Waals surface area contributed by atoms with Crippen LogP contribution in [-0.2, 0) is 0 Å². The number of primary amides is 1. The predicted octanol–water partition coefficient (Wildman–Crippen LogP) is 2.02. The fourth-order valence-electron chi connectivity index (χ4n) is 1.97. The molecule has 0 fully saturated rings. The molecule has 1 aromatic rings. The van der Waals surface area contributed by atoms with E-state index in [9.17, 15) is 18.7 Å². The number of carbonyl (C=O) groups is 1. The second kappa shape index (κ2) is 7.19. The first-order chi connectivity index (χ1) is 10.1. The van der Waals surface area contributed by atoms with Crippen molar-refractivity contribution in [1.82, 2.24) is 4.98 Å². The van der Waals surface area contributed by atoms with Crippen molar-refractivity contribution in [3.63, 3.8) is 0 Å². The third kappa shape index (κ3) is 4.04. The van der Waals surface area contributed by atoms with Gasteiger partial charge in [0, 0.05) is 12.4 Å². The van der Waals surface area contributed by atoms with Crippen LogP contribution >= 0.6 is 11.6 Å². The predicted molar refractivity (Wildman–Crippen MR) is 81.5 cm³/mol. The molecule has 1 amide bonds. The van der Waals surface area contributed by atoms with Crippen LogP contribution in [0.4, 0.5) is 14.5 Å². The van der Waals surface area contributed by atoms with Crippen LogP contribution in [0.5, 0.6) is 0 Å². The minimum Gasteiger partial charge on any atom is -0.387 e. The fraction of sp³-hybridized carbons (Fsp3) is 0.571. The molecule has 8 heteroatoms. The van der Waals surface area contributed by atoms with Crippen LogP contribution in [0.25, 0.3) is 0 Å². The van der Waals surface area contributed by atoms with Crippen LogP contribution in [0.2, 0.25) is 0 Å². The standard InChI is InChI=1S/C14H20ClF2N3O2/c1-8(6-16)20(12(15)11(17)14(2,3)22)10-4-5-19-7-9(10)13(18)21/h4-5,7-8,11-12,22H,6H2,1-3H3,(H2,18,21)/t8-,11-,12?/m0/s1. The van der Waals surface area contributed by atoms with Crippen LogP contribution in [0.15, 0.2) is 18.5 Å². The fourth-order valence-corrected chi connectivity index (χ4v) is 2.57. The van der Waals surface area contributed by atoms with Gasteiger partial charge in [0.1, 0.15) is 12.2 Å². The van der Waals surface area contributed by atoms with E-state index in [1.165, 1.54) is 44.1 Å². The SMILES string of the molecule is C[C@@H](CF)N(c1ccncc1C(N)=O)C(Cl)[C@H](F)C(C)(C)O. The normalized spacial score (nSPS) is 16.0. The van der Waals surface area contributed by atoms with E-state index in [1.807, 2.05) is 0 Å². The number of aromatic nitrogens is 1. The molecule has 3 atom stereocenters. The molecule has 0 aliphatic heterocycles. The maximum absolute atomic E-state index is 14.4. The van der Waals surface area contributed by atoms with E-state index in [0.29, 0.717) is 0 Å². The summed E-state index contributed by atoms with van der Waals surface area (Å²) in [5, 5.41) is 9.80. The van der Waals surface area contributed by atoms with Crippen LogP contribution in [0.3, 0.4) is 0 Å². The molecule has 1 aromatic heterocycles. The third-order valence-electron chi connectivity index (χ3n) is 3.22.